The second-order valence-corrected chi connectivity index (χ2v) is 2.05. The van der Waals surface area contributed by atoms with E-state index < -0.39 is 6.18 Å². The van der Waals surface area contributed by atoms with Crippen LogP contribution in [0.15, 0.2) is 24.8 Å². The topological polar surface area (TPSA) is 25.8 Å². The van der Waals surface area contributed by atoms with Gasteiger partial charge in [-0.1, -0.05) is 0 Å². The molecule has 5 heteroatoms. The highest BCUT2D eigenvalue weighted by atomic mass is 19.4. The second kappa shape index (κ2) is 3.34. The van der Waals surface area contributed by atoms with Crippen LogP contribution in [0.5, 0.6) is 0 Å². The molecule has 0 aliphatic heterocycles. The summed E-state index contributed by atoms with van der Waals surface area (Å²) in [5, 5.41) is 0. The Balaban J connectivity index is 2.71. The van der Waals surface area contributed by atoms with Crippen molar-refractivity contribution in [2.24, 2.45) is 0 Å². The summed E-state index contributed by atoms with van der Waals surface area (Å²) < 4.78 is 34.8. The van der Waals surface area contributed by atoms with Crippen molar-refractivity contribution < 1.29 is 13.2 Å². The Bertz CT molecular complexity index is 266. The van der Waals surface area contributed by atoms with Gasteiger partial charge in [-0.25, -0.2) is 9.97 Å². The van der Waals surface area contributed by atoms with Crippen molar-refractivity contribution in [3.05, 3.63) is 30.4 Å². The molecular weight excluding hydrogens is 169 g/mol. The molecule has 0 amide bonds. The van der Waals surface area contributed by atoms with Gasteiger partial charge in [0, 0.05) is 24.0 Å². The standard InChI is InChI=1S/C7H5F3N2/c8-7(9,10)2-1-6-3-11-5-12-4-6/h1-5H. The summed E-state index contributed by atoms with van der Waals surface area (Å²) in [4.78, 5) is 7.11. The summed E-state index contributed by atoms with van der Waals surface area (Å²) in [6, 6.07) is 0. The van der Waals surface area contributed by atoms with E-state index >= 15 is 0 Å². The Kier molecular flexibility index (Phi) is 2.42. The van der Waals surface area contributed by atoms with Gasteiger partial charge in [-0.15, -0.1) is 0 Å². The first-order valence-corrected chi connectivity index (χ1v) is 3.09. The fraction of sp³-hybridized carbons (Fsp3) is 0.143. The normalized spacial score (nSPS) is 12.2. The van der Waals surface area contributed by atoms with E-state index in [-0.39, 0.29) is 6.08 Å². The highest BCUT2D eigenvalue weighted by molar-refractivity contribution is 5.46. The van der Waals surface area contributed by atoms with Crippen molar-refractivity contribution in [3.63, 3.8) is 0 Å². The molecule has 0 aliphatic carbocycles. The predicted molar refractivity (Wildman–Crippen MR) is 37.1 cm³/mol. The number of aromatic nitrogens is 2. The Morgan fingerprint density at radius 2 is 1.75 bits per heavy atom. The lowest BCUT2D eigenvalue weighted by molar-refractivity contribution is -0.0790. The summed E-state index contributed by atoms with van der Waals surface area (Å²) in [7, 11) is 0. The summed E-state index contributed by atoms with van der Waals surface area (Å²) in [6.45, 7) is 0. The van der Waals surface area contributed by atoms with Crippen LogP contribution in [0.25, 0.3) is 6.08 Å². The van der Waals surface area contributed by atoms with Crippen LogP contribution >= 0.6 is 0 Å². The van der Waals surface area contributed by atoms with Gasteiger partial charge in [0.05, 0.1) is 0 Å². The molecule has 0 aliphatic rings. The lowest BCUT2D eigenvalue weighted by atomic mass is 10.3. The Morgan fingerprint density at radius 3 is 2.25 bits per heavy atom. The number of nitrogens with zero attached hydrogens (tertiary/aromatic N) is 2. The van der Waals surface area contributed by atoms with Crippen molar-refractivity contribution in [2.75, 3.05) is 0 Å². The first-order chi connectivity index (χ1) is 5.58. The second-order valence-electron chi connectivity index (χ2n) is 2.05. The molecule has 1 heterocycles. The van der Waals surface area contributed by atoms with Crippen LogP contribution in [0.3, 0.4) is 0 Å². The van der Waals surface area contributed by atoms with Gasteiger partial charge >= 0.3 is 6.18 Å². The van der Waals surface area contributed by atoms with Crippen LogP contribution in [-0.4, -0.2) is 16.1 Å². The maximum Gasteiger partial charge on any atom is 0.409 e. The average Bonchev–Trinajstić information content (AvgIpc) is 2.02. The van der Waals surface area contributed by atoms with E-state index in [0.29, 0.717) is 5.56 Å². The molecule has 0 bridgehead atoms. The highest BCUT2D eigenvalue weighted by Crippen LogP contribution is 2.17. The maximum absolute atomic E-state index is 11.6. The summed E-state index contributed by atoms with van der Waals surface area (Å²) >= 11 is 0. The van der Waals surface area contributed by atoms with E-state index in [2.05, 4.69) is 9.97 Å². The smallest absolute Gasteiger partial charge is 0.244 e. The van der Waals surface area contributed by atoms with Gasteiger partial charge in [0.15, 0.2) is 0 Å². The SMILES string of the molecule is FC(F)(F)C=Cc1cncnc1. The maximum atomic E-state index is 11.6. The van der Waals surface area contributed by atoms with Gasteiger partial charge in [0.25, 0.3) is 0 Å². The van der Waals surface area contributed by atoms with Gasteiger partial charge in [0.2, 0.25) is 0 Å². The molecule has 0 aromatic carbocycles. The molecule has 0 N–H and O–H groups in total. The molecule has 64 valence electrons. The Labute approximate surface area is 66.8 Å². The number of alkyl halides is 3. The fourth-order valence-corrected chi connectivity index (χ4v) is 0.587. The van der Waals surface area contributed by atoms with E-state index in [0.717, 1.165) is 6.08 Å². The largest absolute Gasteiger partial charge is 0.409 e. The molecule has 0 radical (unpaired) electrons. The molecule has 12 heavy (non-hydrogen) atoms. The molecule has 0 spiro atoms. The number of allylic oxidation sites excluding steroid dienone is 1. The Morgan fingerprint density at radius 1 is 1.17 bits per heavy atom. The molecule has 0 atom stereocenters. The van der Waals surface area contributed by atoms with Crippen LogP contribution in [0.4, 0.5) is 13.2 Å². The van der Waals surface area contributed by atoms with Crippen molar-refractivity contribution in [1.82, 2.24) is 9.97 Å². The molecule has 0 unspecified atom stereocenters. The van der Waals surface area contributed by atoms with E-state index in [1.165, 1.54) is 18.7 Å². The lowest BCUT2D eigenvalue weighted by Crippen LogP contribution is -2.00. The van der Waals surface area contributed by atoms with E-state index in [4.69, 9.17) is 0 Å². The van der Waals surface area contributed by atoms with Gasteiger partial charge in [0.1, 0.15) is 6.33 Å². The summed E-state index contributed by atoms with van der Waals surface area (Å²) in [5.74, 6) is 0. The van der Waals surface area contributed by atoms with E-state index in [1.54, 1.807) is 0 Å². The Hall–Kier alpha value is -1.39. The highest BCUT2D eigenvalue weighted by Gasteiger charge is 2.21. The molecule has 1 aromatic heterocycles. The van der Waals surface area contributed by atoms with Gasteiger partial charge in [-0.2, -0.15) is 13.2 Å². The number of rotatable bonds is 1. The zero-order valence-electron chi connectivity index (χ0n) is 5.92. The minimum atomic E-state index is -4.28. The van der Waals surface area contributed by atoms with Crippen LogP contribution in [-0.2, 0) is 0 Å². The zero-order chi connectivity index (χ0) is 9.03. The third kappa shape index (κ3) is 3.14. The van der Waals surface area contributed by atoms with Crippen LogP contribution < -0.4 is 0 Å². The molecule has 2 nitrogen and oxygen atoms in total. The van der Waals surface area contributed by atoms with Crippen LogP contribution in [0.2, 0.25) is 0 Å². The van der Waals surface area contributed by atoms with Crippen molar-refractivity contribution in [2.45, 2.75) is 6.18 Å². The first-order valence-electron chi connectivity index (χ1n) is 3.09. The third-order valence-electron chi connectivity index (χ3n) is 1.05. The van der Waals surface area contributed by atoms with E-state index in [9.17, 15) is 13.2 Å². The third-order valence-corrected chi connectivity index (χ3v) is 1.05. The number of halogens is 3. The molecule has 0 saturated carbocycles. The molecule has 1 aromatic rings. The van der Waals surface area contributed by atoms with E-state index in [1.807, 2.05) is 0 Å². The molecule has 0 fully saturated rings. The first kappa shape index (κ1) is 8.70. The van der Waals surface area contributed by atoms with Gasteiger partial charge < -0.3 is 0 Å². The fourth-order valence-electron chi connectivity index (χ4n) is 0.587. The minimum absolute atomic E-state index is 0.145. The molecular formula is C7H5F3N2. The molecule has 0 saturated heterocycles. The number of hydrogen-bond acceptors (Lipinski definition) is 2. The van der Waals surface area contributed by atoms with Crippen molar-refractivity contribution in [3.8, 4) is 0 Å². The number of hydrogen-bond donors (Lipinski definition) is 0. The quantitative estimate of drug-likeness (QED) is 0.651. The predicted octanol–water partition coefficient (Wildman–Crippen LogP) is 2.05. The summed E-state index contributed by atoms with van der Waals surface area (Å²) in [6.07, 6.45) is 0.636. The zero-order valence-corrected chi connectivity index (χ0v) is 5.92. The lowest BCUT2D eigenvalue weighted by Gasteiger charge is -1.96. The van der Waals surface area contributed by atoms with Crippen LogP contribution in [0.1, 0.15) is 5.56 Å². The van der Waals surface area contributed by atoms with Crippen molar-refractivity contribution >= 4 is 6.08 Å². The molecule has 1 rings (SSSR count). The minimum Gasteiger partial charge on any atom is -0.244 e. The monoisotopic (exact) mass is 174 g/mol. The average molecular weight is 174 g/mol. The van der Waals surface area contributed by atoms with Gasteiger partial charge in [-0.3, -0.25) is 0 Å². The van der Waals surface area contributed by atoms with Crippen molar-refractivity contribution in [1.29, 1.82) is 0 Å². The van der Waals surface area contributed by atoms with Crippen LogP contribution in [0, 0.1) is 0 Å². The van der Waals surface area contributed by atoms with Gasteiger partial charge in [-0.05, 0) is 6.08 Å². The summed E-state index contributed by atoms with van der Waals surface area (Å²) in [5.41, 5.74) is 0.329.